The second-order valence-corrected chi connectivity index (χ2v) is 12.0. The molecule has 14 nitrogen and oxygen atoms in total. The number of rotatable bonds is 10. The van der Waals surface area contributed by atoms with Crippen LogP contribution in [0.3, 0.4) is 0 Å². The summed E-state index contributed by atoms with van der Waals surface area (Å²) in [6.45, 7) is 0.0647. The van der Waals surface area contributed by atoms with Gasteiger partial charge < -0.3 is 39.5 Å². The fraction of sp³-hybridized carbons (Fsp3) is 0.421. The smallest absolute Gasteiger partial charge is 0.340 e. The molecular weight excluding hydrogens is 504 g/mol. The molecule has 0 radical (unpaired) electrons. The summed E-state index contributed by atoms with van der Waals surface area (Å²) in [6.07, 6.45) is -2.17. The van der Waals surface area contributed by atoms with E-state index in [1.54, 1.807) is 0 Å². The van der Waals surface area contributed by atoms with Crippen molar-refractivity contribution in [2.45, 2.75) is 37.5 Å². The van der Waals surface area contributed by atoms with Crippen molar-refractivity contribution in [2.75, 3.05) is 17.8 Å². The topological polar surface area (TPSA) is 209 Å². The van der Waals surface area contributed by atoms with E-state index in [0.717, 1.165) is 5.56 Å². The van der Waals surface area contributed by atoms with Crippen molar-refractivity contribution < 1.29 is 43.3 Å². The number of aliphatic hydroxyl groups excluding tert-OH is 2. The van der Waals surface area contributed by atoms with Crippen molar-refractivity contribution in [2.24, 2.45) is 0 Å². The van der Waals surface area contributed by atoms with E-state index in [1.165, 1.54) is 17.2 Å². The first kappa shape index (κ1) is 25.8. The Labute approximate surface area is 199 Å². The number of anilines is 1. The molecule has 2 unspecified atom stereocenters. The van der Waals surface area contributed by atoms with E-state index in [2.05, 4.69) is 20.3 Å². The van der Waals surface area contributed by atoms with Gasteiger partial charge in [0, 0.05) is 13.0 Å². The van der Waals surface area contributed by atoms with Gasteiger partial charge >= 0.3 is 15.2 Å². The number of imidazole rings is 1. The number of nitrogens with zero attached hydrogens (tertiary/aromatic N) is 4. The zero-order chi connectivity index (χ0) is 25.2. The molecule has 1 aliphatic heterocycles. The third-order valence-corrected chi connectivity index (χ3v) is 8.82. The van der Waals surface area contributed by atoms with Crippen LogP contribution in [0, 0.1) is 0 Å². The maximum atomic E-state index is 11.8. The summed E-state index contributed by atoms with van der Waals surface area (Å²) < 4.78 is 34.7. The van der Waals surface area contributed by atoms with E-state index in [4.69, 9.17) is 19.0 Å². The molecule has 1 fully saturated rings. The van der Waals surface area contributed by atoms with Crippen molar-refractivity contribution in [1.82, 2.24) is 19.5 Å². The Morgan fingerprint density at radius 2 is 1.80 bits per heavy atom. The van der Waals surface area contributed by atoms with Gasteiger partial charge in [0.05, 0.1) is 19.0 Å². The van der Waals surface area contributed by atoms with Gasteiger partial charge in [0.25, 0.3) is 0 Å². The highest BCUT2D eigenvalue weighted by Crippen LogP contribution is 2.55. The minimum atomic E-state index is -4.75. The summed E-state index contributed by atoms with van der Waals surface area (Å²) in [6, 6.07) is 9.67. The van der Waals surface area contributed by atoms with Gasteiger partial charge in [-0.3, -0.25) is 13.7 Å². The van der Waals surface area contributed by atoms with Crippen LogP contribution in [0.2, 0.25) is 0 Å². The zero-order valence-corrected chi connectivity index (χ0v) is 20.0. The van der Waals surface area contributed by atoms with Crippen molar-refractivity contribution >= 4 is 32.2 Å². The van der Waals surface area contributed by atoms with Crippen LogP contribution < -0.4 is 5.32 Å². The van der Waals surface area contributed by atoms with E-state index in [9.17, 15) is 24.2 Å². The Morgan fingerprint density at radius 1 is 1.06 bits per heavy atom. The van der Waals surface area contributed by atoms with Crippen LogP contribution in [0.5, 0.6) is 0 Å². The Bertz CT molecular complexity index is 1250. The number of hydrogen-bond acceptors (Lipinski definition) is 10. The van der Waals surface area contributed by atoms with Crippen molar-refractivity contribution in [3.05, 3.63) is 48.5 Å². The lowest BCUT2D eigenvalue weighted by Crippen LogP contribution is -2.32. The number of ether oxygens (including phenoxy) is 1. The average molecular weight is 529 g/mol. The lowest BCUT2D eigenvalue weighted by molar-refractivity contribution is -0.0399. The van der Waals surface area contributed by atoms with Crippen LogP contribution in [-0.4, -0.2) is 75.2 Å². The van der Waals surface area contributed by atoms with Gasteiger partial charge in [0.1, 0.15) is 18.5 Å². The van der Waals surface area contributed by atoms with E-state index < -0.39 is 52.2 Å². The number of hydrogen-bond donors (Lipinski definition) is 6. The largest absolute Gasteiger partial charge is 0.388 e. The van der Waals surface area contributed by atoms with Crippen LogP contribution in [0.25, 0.3) is 11.2 Å². The van der Waals surface area contributed by atoms with Gasteiger partial charge in [-0.25, -0.2) is 15.0 Å². The summed E-state index contributed by atoms with van der Waals surface area (Å²) in [5.74, 6) is -0.847. The number of nitrogens with one attached hydrogen (secondary N) is 1. The Balaban J connectivity index is 1.43. The molecule has 190 valence electrons. The molecule has 0 saturated carbocycles. The first-order chi connectivity index (χ1) is 16.5. The molecule has 6 N–H and O–H groups in total. The average Bonchev–Trinajstić information content (AvgIpc) is 3.33. The molecule has 35 heavy (non-hydrogen) atoms. The number of aliphatic hydroxyl groups is 2. The second-order valence-electron chi connectivity index (χ2n) is 8.00. The van der Waals surface area contributed by atoms with Gasteiger partial charge in [0.15, 0.2) is 29.1 Å². The van der Waals surface area contributed by atoms with E-state index in [-0.39, 0.29) is 6.42 Å². The Kier molecular flexibility index (Phi) is 7.67. The van der Waals surface area contributed by atoms with Crippen molar-refractivity contribution in [3.8, 4) is 0 Å². The monoisotopic (exact) mass is 529 g/mol. The lowest BCUT2D eigenvalue weighted by atomic mass is 10.1. The van der Waals surface area contributed by atoms with Crippen molar-refractivity contribution in [1.29, 1.82) is 0 Å². The highest BCUT2D eigenvalue weighted by molar-refractivity contribution is 7.70. The molecule has 4 rings (SSSR count). The summed E-state index contributed by atoms with van der Waals surface area (Å²) >= 11 is 0. The van der Waals surface area contributed by atoms with Gasteiger partial charge in [-0.15, -0.1) is 0 Å². The predicted molar refractivity (Wildman–Crippen MR) is 122 cm³/mol. The molecule has 0 spiro atoms. The fourth-order valence-electron chi connectivity index (χ4n) is 3.73. The molecule has 3 aromatic rings. The lowest BCUT2D eigenvalue weighted by Gasteiger charge is -2.17. The van der Waals surface area contributed by atoms with Gasteiger partial charge in [-0.2, -0.15) is 0 Å². The van der Waals surface area contributed by atoms with Crippen LogP contribution in [0.1, 0.15) is 18.2 Å². The molecule has 1 saturated heterocycles. The third kappa shape index (κ3) is 6.31. The number of benzene rings is 1. The molecule has 1 aromatic carbocycles. The van der Waals surface area contributed by atoms with E-state index in [0.29, 0.717) is 23.5 Å². The molecule has 1 aliphatic rings. The highest BCUT2D eigenvalue weighted by atomic mass is 31.2. The molecule has 3 heterocycles. The number of fused-ring (bicyclic) bond motifs is 1. The van der Waals surface area contributed by atoms with Gasteiger partial charge in [-0.1, -0.05) is 30.3 Å². The highest BCUT2D eigenvalue weighted by Gasteiger charge is 2.44. The molecule has 2 aromatic heterocycles. The SMILES string of the molecule is O=P(O)(O)CP(=O)(O)OCC[C@H]1O[C@@H](n2cnc3c(NCc4ccccc4)ncnc32)C(O)[C@H]1O. The minimum Gasteiger partial charge on any atom is -0.388 e. The molecule has 5 atom stereocenters. The summed E-state index contributed by atoms with van der Waals surface area (Å²) in [4.78, 5) is 40.0. The van der Waals surface area contributed by atoms with E-state index >= 15 is 0 Å². The Hall–Kier alpha value is -2.25. The first-order valence-electron chi connectivity index (χ1n) is 10.5. The fourth-order valence-corrected chi connectivity index (χ4v) is 6.31. The zero-order valence-electron chi connectivity index (χ0n) is 18.2. The normalized spacial score (nSPS) is 24.5. The summed E-state index contributed by atoms with van der Waals surface area (Å²) in [7, 11) is -9.29. The van der Waals surface area contributed by atoms with Gasteiger partial charge in [-0.05, 0) is 5.56 Å². The summed E-state index contributed by atoms with van der Waals surface area (Å²) in [5.41, 5.74) is 1.82. The van der Waals surface area contributed by atoms with E-state index in [1.807, 2.05) is 30.3 Å². The van der Waals surface area contributed by atoms with Crippen LogP contribution >= 0.6 is 15.2 Å². The second kappa shape index (κ2) is 10.4. The Morgan fingerprint density at radius 3 is 2.51 bits per heavy atom. The predicted octanol–water partition coefficient (Wildman–Crippen LogP) is 0.785. The molecule has 0 bridgehead atoms. The molecule has 0 aliphatic carbocycles. The van der Waals surface area contributed by atoms with Crippen LogP contribution in [0.15, 0.2) is 43.0 Å². The minimum absolute atomic E-state index is 0.119. The molecule has 0 amide bonds. The maximum absolute atomic E-state index is 11.8. The third-order valence-electron chi connectivity index (χ3n) is 5.33. The van der Waals surface area contributed by atoms with Gasteiger partial charge in [0.2, 0.25) is 0 Å². The maximum Gasteiger partial charge on any atom is 0.340 e. The molecule has 16 heteroatoms. The quantitative estimate of drug-likeness (QED) is 0.201. The first-order valence-corrected chi connectivity index (χ1v) is 14.1. The standard InChI is InChI=1S/C19H25N5O9P2/c25-15-13(6-7-32-35(30,31)11-34(27,28)29)33-19(16(15)26)24-10-23-14-17(21-9-22-18(14)24)20-8-12-4-2-1-3-5-12/h1-5,9-10,13,15-16,19,25-26H,6-8,11H2,(H,30,31)(H,20,21,22)(H2,27,28,29)/t13-,15+,16?,19-/m1/s1. The summed E-state index contributed by atoms with van der Waals surface area (Å²) in [5, 5.41) is 24.2. The van der Waals surface area contributed by atoms with Crippen LogP contribution in [-0.2, 0) is 24.9 Å². The molecular formula is C19H25N5O9P2. The van der Waals surface area contributed by atoms with Crippen molar-refractivity contribution in [3.63, 3.8) is 0 Å². The number of aromatic nitrogens is 4. The van der Waals surface area contributed by atoms with Crippen LogP contribution in [0.4, 0.5) is 5.82 Å².